The van der Waals surface area contributed by atoms with Crippen LogP contribution in [0.3, 0.4) is 0 Å². The van der Waals surface area contributed by atoms with Gasteiger partial charge >= 0.3 is 0 Å². The maximum Gasteiger partial charge on any atom is 0.119 e. The van der Waals surface area contributed by atoms with Crippen molar-refractivity contribution in [2.75, 3.05) is 6.61 Å². The van der Waals surface area contributed by atoms with Gasteiger partial charge in [0.15, 0.2) is 0 Å². The molecule has 0 unspecified atom stereocenters. The minimum Gasteiger partial charge on any atom is -0.494 e. The molecule has 0 amide bonds. The van der Waals surface area contributed by atoms with Gasteiger partial charge in [-0.3, -0.25) is 0 Å². The smallest absolute Gasteiger partial charge is 0.119 e. The maximum atomic E-state index is 6.92. The van der Waals surface area contributed by atoms with Crippen LogP contribution in [-0.4, -0.2) is 24.1 Å². The summed E-state index contributed by atoms with van der Waals surface area (Å²) >= 11 is 2.08. The van der Waals surface area contributed by atoms with E-state index < -0.39 is 0 Å². The zero-order chi connectivity index (χ0) is 30.2. The van der Waals surface area contributed by atoms with Crippen molar-refractivity contribution >= 4 is 11.8 Å². The third-order valence-electron chi connectivity index (χ3n) is 8.68. The standard InChI is InChI=1S/C39H46O3S/c1-6-36-29(5)37(41-25-31-14-10-8-11-15-31)38(42-26-32-16-12-9-13-17-32)39(43-36)35-24-33(27(3)22-28(35)4)23-30-18-20-34(21-19-30)40-7-2/h8-22,24,29,36-39H,6-7,23,25-26H2,1-5H3/t29-,36-,37+,38-,39+/m1/s1. The summed E-state index contributed by atoms with van der Waals surface area (Å²) in [7, 11) is 0. The molecule has 0 aromatic heterocycles. The van der Waals surface area contributed by atoms with Crippen LogP contribution in [0.4, 0.5) is 0 Å². The lowest BCUT2D eigenvalue weighted by Gasteiger charge is -2.46. The van der Waals surface area contributed by atoms with Crippen LogP contribution in [0.1, 0.15) is 71.4 Å². The molecule has 1 aliphatic rings. The molecule has 0 saturated carbocycles. The molecule has 4 aromatic rings. The number of hydrogen-bond donors (Lipinski definition) is 0. The van der Waals surface area contributed by atoms with Gasteiger partial charge < -0.3 is 14.2 Å². The maximum absolute atomic E-state index is 6.92. The summed E-state index contributed by atoms with van der Waals surface area (Å²) in [5.74, 6) is 1.29. The minimum absolute atomic E-state index is 0.0182. The van der Waals surface area contributed by atoms with Gasteiger partial charge in [-0.15, -0.1) is 11.8 Å². The predicted octanol–water partition coefficient (Wildman–Crippen LogP) is 9.67. The predicted molar refractivity (Wildman–Crippen MR) is 180 cm³/mol. The second-order valence-electron chi connectivity index (χ2n) is 11.8. The van der Waals surface area contributed by atoms with Gasteiger partial charge in [0, 0.05) is 5.25 Å². The van der Waals surface area contributed by atoms with Crippen molar-refractivity contribution < 1.29 is 14.2 Å². The highest BCUT2D eigenvalue weighted by Gasteiger charge is 2.45. The first-order valence-electron chi connectivity index (χ1n) is 15.7. The van der Waals surface area contributed by atoms with Crippen molar-refractivity contribution in [1.82, 2.24) is 0 Å². The van der Waals surface area contributed by atoms with E-state index in [1.165, 1.54) is 38.9 Å². The quantitative estimate of drug-likeness (QED) is 0.163. The van der Waals surface area contributed by atoms with E-state index in [1.54, 1.807) is 0 Å². The van der Waals surface area contributed by atoms with E-state index in [0.717, 1.165) is 18.6 Å². The van der Waals surface area contributed by atoms with E-state index in [0.29, 0.717) is 31.0 Å². The van der Waals surface area contributed by atoms with E-state index in [4.69, 9.17) is 14.2 Å². The topological polar surface area (TPSA) is 27.7 Å². The highest BCUT2D eigenvalue weighted by atomic mass is 32.2. The van der Waals surface area contributed by atoms with Crippen molar-refractivity contribution in [3.63, 3.8) is 0 Å². The average molecular weight is 595 g/mol. The number of hydrogen-bond acceptors (Lipinski definition) is 4. The van der Waals surface area contributed by atoms with Gasteiger partial charge in [-0.05, 0) is 90.6 Å². The first-order chi connectivity index (χ1) is 21.0. The molecule has 0 aliphatic carbocycles. The number of thioether (sulfide) groups is 1. The van der Waals surface area contributed by atoms with Crippen LogP contribution >= 0.6 is 11.8 Å². The average Bonchev–Trinajstić information content (AvgIpc) is 3.03. The van der Waals surface area contributed by atoms with E-state index in [2.05, 4.69) is 137 Å². The molecule has 226 valence electrons. The van der Waals surface area contributed by atoms with Crippen LogP contribution in [0.25, 0.3) is 0 Å². The summed E-state index contributed by atoms with van der Waals surface area (Å²) in [6, 6.07) is 34.4. The van der Waals surface area contributed by atoms with Crippen LogP contribution in [-0.2, 0) is 29.1 Å². The fraction of sp³-hybridized carbons (Fsp3) is 0.385. The molecule has 1 saturated heterocycles. The number of benzene rings is 4. The molecule has 5 atom stereocenters. The first kappa shape index (κ1) is 31.4. The first-order valence-corrected chi connectivity index (χ1v) is 16.7. The van der Waals surface area contributed by atoms with Crippen molar-refractivity contribution in [2.24, 2.45) is 5.92 Å². The lowest BCUT2D eigenvalue weighted by Crippen LogP contribution is -2.48. The van der Waals surface area contributed by atoms with E-state index in [-0.39, 0.29) is 17.5 Å². The lowest BCUT2D eigenvalue weighted by molar-refractivity contribution is -0.112. The molecule has 1 aliphatic heterocycles. The third-order valence-corrected chi connectivity index (χ3v) is 10.6. The molecule has 5 rings (SSSR count). The monoisotopic (exact) mass is 594 g/mol. The molecule has 43 heavy (non-hydrogen) atoms. The molecule has 1 heterocycles. The Morgan fingerprint density at radius 1 is 0.674 bits per heavy atom. The summed E-state index contributed by atoms with van der Waals surface area (Å²) < 4.78 is 19.4. The largest absolute Gasteiger partial charge is 0.494 e. The zero-order valence-corrected chi connectivity index (χ0v) is 27.1. The second kappa shape index (κ2) is 15.1. The van der Waals surface area contributed by atoms with Crippen LogP contribution in [0.15, 0.2) is 97.1 Å². The number of rotatable bonds is 12. The summed E-state index contributed by atoms with van der Waals surface area (Å²) in [5, 5.41) is 0.655. The van der Waals surface area contributed by atoms with Gasteiger partial charge in [0.05, 0.1) is 31.2 Å². The van der Waals surface area contributed by atoms with E-state index in [9.17, 15) is 0 Å². The van der Waals surface area contributed by atoms with Crippen LogP contribution in [0.2, 0.25) is 0 Å². The molecule has 1 fully saturated rings. The molecule has 0 spiro atoms. The summed E-state index contributed by atoms with van der Waals surface area (Å²) in [5.41, 5.74) is 9.06. The summed E-state index contributed by atoms with van der Waals surface area (Å²) in [4.78, 5) is 0. The summed E-state index contributed by atoms with van der Waals surface area (Å²) in [6.45, 7) is 13.0. The Balaban J connectivity index is 1.48. The van der Waals surface area contributed by atoms with Crippen molar-refractivity contribution in [1.29, 1.82) is 0 Å². The van der Waals surface area contributed by atoms with Crippen molar-refractivity contribution in [3.8, 4) is 5.75 Å². The minimum atomic E-state index is -0.0774. The molecule has 3 nitrogen and oxygen atoms in total. The number of ether oxygens (including phenoxy) is 3. The van der Waals surface area contributed by atoms with Gasteiger partial charge in [-0.25, -0.2) is 0 Å². The van der Waals surface area contributed by atoms with Gasteiger partial charge in [-0.2, -0.15) is 0 Å². The summed E-state index contributed by atoms with van der Waals surface area (Å²) in [6.07, 6.45) is 1.89. The Bertz CT molecular complexity index is 1420. The highest BCUT2D eigenvalue weighted by Crippen LogP contribution is 2.50. The zero-order valence-electron chi connectivity index (χ0n) is 26.3. The number of aryl methyl sites for hydroxylation is 2. The van der Waals surface area contributed by atoms with Crippen molar-refractivity contribution in [2.45, 2.75) is 83.4 Å². The van der Waals surface area contributed by atoms with E-state index in [1.807, 2.05) is 6.92 Å². The van der Waals surface area contributed by atoms with Gasteiger partial charge in [0.2, 0.25) is 0 Å². The Kier molecular flexibility index (Phi) is 11.0. The van der Waals surface area contributed by atoms with Crippen LogP contribution in [0, 0.1) is 19.8 Å². The molecule has 4 heteroatoms. The van der Waals surface area contributed by atoms with Crippen LogP contribution < -0.4 is 4.74 Å². The fourth-order valence-electron chi connectivity index (χ4n) is 6.26. The molecular weight excluding hydrogens is 548 g/mol. The molecule has 0 radical (unpaired) electrons. The fourth-order valence-corrected chi connectivity index (χ4v) is 8.02. The Hall–Kier alpha value is -3.05. The van der Waals surface area contributed by atoms with Gasteiger partial charge in [-0.1, -0.05) is 98.8 Å². The molecule has 0 bridgehead atoms. The molecule has 0 N–H and O–H groups in total. The third kappa shape index (κ3) is 7.92. The Morgan fingerprint density at radius 2 is 1.28 bits per heavy atom. The Morgan fingerprint density at radius 3 is 1.86 bits per heavy atom. The lowest BCUT2D eigenvalue weighted by atomic mass is 9.87. The SMILES string of the molecule is CCOc1ccc(Cc2cc([C@@H]3S[C@H](CC)[C@@H](C)[C@H](OCc4ccccc4)[C@H]3OCc3ccccc3)c(C)cc2C)cc1. The van der Waals surface area contributed by atoms with Gasteiger partial charge in [0.25, 0.3) is 0 Å². The highest BCUT2D eigenvalue weighted by molar-refractivity contribution is 8.00. The Labute approximate surface area is 263 Å². The van der Waals surface area contributed by atoms with E-state index >= 15 is 0 Å². The van der Waals surface area contributed by atoms with Gasteiger partial charge in [0.1, 0.15) is 11.9 Å². The van der Waals surface area contributed by atoms with Crippen molar-refractivity contribution in [3.05, 3.63) is 136 Å². The molecular formula is C39H46O3S. The second-order valence-corrected chi connectivity index (χ2v) is 13.2. The normalized spacial score (nSPS) is 21.9. The van der Waals surface area contributed by atoms with Crippen LogP contribution in [0.5, 0.6) is 5.75 Å². The molecule has 4 aromatic carbocycles.